The van der Waals surface area contributed by atoms with Gasteiger partial charge in [0.15, 0.2) is 5.82 Å². The number of anilines is 1. The molecular formula is C6H8N6OS. The number of nitrogens with zero attached hydrogens (tertiary/aromatic N) is 4. The van der Waals surface area contributed by atoms with Crippen molar-refractivity contribution in [1.29, 1.82) is 0 Å². The van der Waals surface area contributed by atoms with Crippen molar-refractivity contribution in [3.05, 3.63) is 11.7 Å². The summed E-state index contributed by atoms with van der Waals surface area (Å²) in [7, 11) is 0. The Balaban J connectivity index is 1.94. The van der Waals surface area contributed by atoms with Gasteiger partial charge in [-0.05, 0) is 6.92 Å². The van der Waals surface area contributed by atoms with Crippen LogP contribution in [-0.2, 0) is 5.75 Å². The lowest BCUT2D eigenvalue weighted by Crippen LogP contribution is -1.85. The van der Waals surface area contributed by atoms with Gasteiger partial charge in [0.1, 0.15) is 0 Å². The lowest BCUT2D eigenvalue weighted by Gasteiger charge is -1.88. The molecule has 0 atom stereocenters. The molecule has 0 fully saturated rings. The Hall–Kier alpha value is -1.57. The van der Waals surface area contributed by atoms with E-state index in [0.29, 0.717) is 28.6 Å². The molecule has 14 heavy (non-hydrogen) atoms. The summed E-state index contributed by atoms with van der Waals surface area (Å²) in [5, 5.41) is 10.6. The highest BCUT2D eigenvalue weighted by Gasteiger charge is 2.06. The maximum atomic E-state index is 5.36. The predicted molar refractivity (Wildman–Crippen MR) is 49.4 cm³/mol. The zero-order valence-corrected chi connectivity index (χ0v) is 8.21. The third-order valence-electron chi connectivity index (χ3n) is 1.38. The number of nitrogens with two attached hydrogens (primary N) is 1. The molecule has 0 unspecified atom stereocenters. The third kappa shape index (κ3) is 2.02. The minimum Gasteiger partial charge on any atom is -0.368 e. The number of hydrogen-bond donors (Lipinski definition) is 2. The largest absolute Gasteiger partial charge is 0.368 e. The molecular weight excluding hydrogens is 204 g/mol. The van der Waals surface area contributed by atoms with Crippen LogP contribution in [0.1, 0.15) is 11.7 Å². The Morgan fingerprint density at radius 1 is 1.50 bits per heavy atom. The monoisotopic (exact) mass is 212 g/mol. The molecule has 8 heteroatoms. The summed E-state index contributed by atoms with van der Waals surface area (Å²) < 4.78 is 4.91. The molecule has 2 rings (SSSR count). The van der Waals surface area contributed by atoms with E-state index in [1.807, 2.05) is 0 Å². The fourth-order valence-electron chi connectivity index (χ4n) is 0.848. The molecule has 0 spiro atoms. The van der Waals surface area contributed by atoms with E-state index in [4.69, 9.17) is 10.3 Å². The van der Waals surface area contributed by atoms with Gasteiger partial charge in [-0.1, -0.05) is 16.9 Å². The molecule has 2 heterocycles. The van der Waals surface area contributed by atoms with Gasteiger partial charge < -0.3 is 10.3 Å². The number of aromatic nitrogens is 5. The Morgan fingerprint density at radius 2 is 2.36 bits per heavy atom. The van der Waals surface area contributed by atoms with Crippen LogP contribution in [0, 0.1) is 6.92 Å². The highest BCUT2D eigenvalue weighted by Crippen LogP contribution is 2.17. The number of nitrogens with one attached hydrogen (secondary N) is 1. The molecule has 0 aliphatic heterocycles. The van der Waals surface area contributed by atoms with Gasteiger partial charge >= 0.3 is 0 Å². The van der Waals surface area contributed by atoms with Gasteiger partial charge in [0, 0.05) is 0 Å². The molecule has 7 nitrogen and oxygen atoms in total. The fraction of sp³-hybridized carbons (Fsp3) is 0.333. The Morgan fingerprint density at radius 3 is 2.93 bits per heavy atom. The maximum absolute atomic E-state index is 5.36. The van der Waals surface area contributed by atoms with Gasteiger partial charge in [0.25, 0.3) is 0 Å². The number of H-pyrrole nitrogens is 1. The summed E-state index contributed by atoms with van der Waals surface area (Å²) >= 11 is 1.38. The molecule has 0 saturated carbocycles. The predicted octanol–water partition coefficient (Wildman–Crippen LogP) is 0.371. The van der Waals surface area contributed by atoms with Crippen molar-refractivity contribution in [2.45, 2.75) is 17.8 Å². The summed E-state index contributed by atoms with van der Waals surface area (Å²) in [4.78, 5) is 7.95. The Labute approximate surface area is 83.5 Å². The van der Waals surface area contributed by atoms with Crippen LogP contribution in [0.2, 0.25) is 0 Å². The van der Waals surface area contributed by atoms with Gasteiger partial charge in [0.05, 0.1) is 5.75 Å². The molecule has 2 aromatic heterocycles. The van der Waals surface area contributed by atoms with E-state index in [-0.39, 0.29) is 0 Å². The SMILES string of the molecule is Cc1noc(CSc2n[nH]c(N)n2)n1. The molecule has 74 valence electrons. The number of aromatic amines is 1. The Kier molecular flexibility index (Phi) is 2.35. The van der Waals surface area contributed by atoms with E-state index in [2.05, 4.69) is 25.3 Å². The van der Waals surface area contributed by atoms with E-state index in [1.54, 1.807) is 6.92 Å². The van der Waals surface area contributed by atoms with Crippen LogP contribution in [0.3, 0.4) is 0 Å². The van der Waals surface area contributed by atoms with Gasteiger partial charge in [-0.15, -0.1) is 5.10 Å². The van der Waals surface area contributed by atoms with Crippen LogP contribution in [0.4, 0.5) is 5.95 Å². The first-order valence-corrected chi connectivity index (χ1v) is 4.82. The normalized spacial score (nSPS) is 10.6. The summed E-state index contributed by atoms with van der Waals surface area (Å²) in [6.45, 7) is 1.77. The van der Waals surface area contributed by atoms with Crippen LogP contribution in [-0.4, -0.2) is 25.3 Å². The van der Waals surface area contributed by atoms with E-state index in [9.17, 15) is 0 Å². The molecule has 2 aromatic rings. The first-order chi connectivity index (χ1) is 6.74. The van der Waals surface area contributed by atoms with Crippen molar-refractivity contribution in [3.8, 4) is 0 Å². The van der Waals surface area contributed by atoms with Crippen molar-refractivity contribution >= 4 is 17.7 Å². The van der Waals surface area contributed by atoms with Crippen molar-refractivity contribution in [3.63, 3.8) is 0 Å². The van der Waals surface area contributed by atoms with Gasteiger partial charge in [0.2, 0.25) is 17.0 Å². The van der Waals surface area contributed by atoms with Crippen molar-refractivity contribution in [2.75, 3.05) is 5.73 Å². The quantitative estimate of drug-likeness (QED) is 0.708. The topological polar surface area (TPSA) is 107 Å². The summed E-state index contributed by atoms with van der Waals surface area (Å²) in [5.74, 6) is 2.01. The summed E-state index contributed by atoms with van der Waals surface area (Å²) in [6.07, 6.45) is 0. The second kappa shape index (κ2) is 3.66. The molecule has 0 radical (unpaired) electrons. The van der Waals surface area contributed by atoms with E-state index in [0.717, 1.165) is 0 Å². The number of rotatable bonds is 3. The van der Waals surface area contributed by atoms with E-state index >= 15 is 0 Å². The molecule has 3 N–H and O–H groups in total. The Bertz CT molecular complexity index is 383. The highest BCUT2D eigenvalue weighted by molar-refractivity contribution is 7.98. The molecule has 0 saturated heterocycles. The maximum Gasteiger partial charge on any atom is 0.237 e. The lowest BCUT2D eigenvalue weighted by atomic mass is 10.7. The summed E-state index contributed by atoms with van der Waals surface area (Å²) in [5.41, 5.74) is 5.36. The lowest BCUT2D eigenvalue weighted by molar-refractivity contribution is 0.387. The minimum absolute atomic E-state index is 0.300. The molecule has 0 bridgehead atoms. The number of hydrogen-bond acceptors (Lipinski definition) is 7. The van der Waals surface area contributed by atoms with E-state index < -0.39 is 0 Å². The van der Waals surface area contributed by atoms with Crippen LogP contribution in [0.25, 0.3) is 0 Å². The molecule has 0 aromatic carbocycles. The highest BCUT2D eigenvalue weighted by atomic mass is 32.2. The number of nitrogen functional groups attached to an aromatic ring is 1. The van der Waals surface area contributed by atoms with Crippen molar-refractivity contribution in [2.24, 2.45) is 0 Å². The zero-order chi connectivity index (χ0) is 9.97. The molecule has 0 aliphatic rings. The van der Waals surface area contributed by atoms with Crippen LogP contribution < -0.4 is 5.73 Å². The van der Waals surface area contributed by atoms with Crippen molar-refractivity contribution < 1.29 is 4.52 Å². The average molecular weight is 212 g/mol. The number of aryl methyl sites for hydroxylation is 1. The van der Waals surface area contributed by atoms with Gasteiger partial charge in [-0.2, -0.15) is 9.97 Å². The number of thioether (sulfide) groups is 1. The zero-order valence-electron chi connectivity index (χ0n) is 7.39. The van der Waals surface area contributed by atoms with Gasteiger partial charge in [-0.3, -0.25) is 0 Å². The molecule has 0 amide bonds. The standard InChI is InChI=1S/C6H8N6OS/c1-3-8-4(13-12-3)2-14-6-9-5(7)10-11-6/h2H2,1H3,(H3,7,9,10,11). The first-order valence-electron chi connectivity index (χ1n) is 3.84. The smallest absolute Gasteiger partial charge is 0.237 e. The third-order valence-corrected chi connectivity index (χ3v) is 2.21. The second-order valence-electron chi connectivity index (χ2n) is 2.53. The van der Waals surface area contributed by atoms with Crippen LogP contribution in [0.15, 0.2) is 9.68 Å². The van der Waals surface area contributed by atoms with Gasteiger partial charge in [-0.25, -0.2) is 5.10 Å². The second-order valence-corrected chi connectivity index (χ2v) is 3.47. The van der Waals surface area contributed by atoms with E-state index in [1.165, 1.54) is 11.8 Å². The van der Waals surface area contributed by atoms with Crippen LogP contribution in [0.5, 0.6) is 0 Å². The minimum atomic E-state index is 0.300. The first kappa shape index (κ1) is 9.00. The van der Waals surface area contributed by atoms with Crippen LogP contribution >= 0.6 is 11.8 Å². The molecule has 0 aliphatic carbocycles. The van der Waals surface area contributed by atoms with Crippen molar-refractivity contribution in [1.82, 2.24) is 25.3 Å². The average Bonchev–Trinajstić information content (AvgIpc) is 2.72. The fourth-order valence-corrected chi connectivity index (χ4v) is 1.49. The summed E-state index contributed by atoms with van der Waals surface area (Å²) in [6, 6.07) is 0.